The second-order valence-electron chi connectivity index (χ2n) is 1.41. The topological polar surface area (TPSA) is 54.7 Å². The number of imidazole rings is 1. The third-order valence-electron chi connectivity index (χ3n) is 0.713. The first kappa shape index (κ1) is 8.49. The standard InChI is InChI=1S/C5H6N2.C2H5N/c1-2-5-6-3-4-7-5;1-2-3/h2-4H,1H2,(H,6,7);2H,1,3H2. The molecular weight excluding hydrogens is 126 g/mol. The monoisotopic (exact) mass is 137 g/mol. The van der Waals surface area contributed by atoms with Crippen molar-refractivity contribution in [3.05, 3.63) is 37.6 Å². The first-order valence-electron chi connectivity index (χ1n) is 2.79. The van der Waals surface area contributed by atoms with Crippen LogP contribution in [0.5, 0.6) is 0 Å². The lowest BCUT2D eigenvalue weighted by Gasteiger charge is -1.73. The third-order valence-corrected chi connectivity index (χ3v) is 0.713. The zero-order chi connectivity index (χ0) is 7.82. The first-order valence-corrected chi connectivity index (χ1v) is 2.79. The Morgan fingerprint density at radius 2 is 2.20 bits per heavy atom. The normalized spacial score (nSPS) is 7.20. The van der Waals surface area contributed by atoms with Gasteiger partial charge in [-0.2, -0.15) is 0 Å². The number of H-pyrrole nitrogens is 1. The maximum atomic E-state index is 4.61. The highest BCUT2D eigenvalue weighted by Crippen LogP contribution is 1.85. The third kappa shape index (κ3) is 3.49. The van der Waals surface area contributed by atoms with Gasteiger partial charge in [0.25, 0.3) is 0 Å². The zero-order valence-corrected chi connectivity index (χ0v) is 5.75. The molecule has 0 bridgehead atoms. The summed E-state index contributed by atoms with van der Waals surface area (Å²) in [6.45, 7) is 6.65. The summed E-state index contributed by atoms with van der Waals surface area (Å²) in [5.74, 6) is 0.819. The van der Waals surface area contributed by atoms with Gasteiger partial charge in [0, 0.05) is 12.4 Å². The summed E-state index contributed by atoms with van der Waals surface area (Å²) in [6.07, 6.45) is 6.37. The Balaban J connectivity index is 0.000000236. The molecule has 3 N–H and O–H groups in total. The van der Waals surface area contributed by atoms with Gasteiger partial charge in [0.15, 0.2) is 0 Å². The number of aromatic nitrogens is 2. The Bertz CT molecular complexity index is 177. The van der Waals surface area contributed by atoms with E-state index < -0.39 is 0 Å². The molecule has 0 saturated carbocycles. The molecule has 1 heterocycles. The molecule has 1 aromatic rings. The van der Waals surface area contributed by atoms with E-state index in [0.717, 1.165) is 5.82 Å². The average molecular weight is 137 g/mol. The van der Waals surface area contributed by atoms with E-state index in [9.17, 15) is 0 Å². The maximum absolute atomic E-state index is 4.61. The van der Waals surface area contributed by atoms with Gasteiger partial charge in [0.2, 0.25) is 0 Å². The summed E-state index contributed by atoms with van der Waals surface area (Å²) in [7, 11) is 0. The average Bonchev–Trinajstić information content (AvgIpc) is 2.39. The number of nitrogens with one attached hydrogen (secondary N) is 1. The van der Waals surface area contributed by atoms with Gasteiger partial charge in [-0.25, -0.2) is 4.98 Å². The molecule has 0 atom stereocenters. The minimum atomic E-state index is 0.819. The Kier molecular flexibility index (Phi) is 4.77. The molecule has 0 saturated heterocycles. The highest BCUT2D eigenvalue weighted by atomic mass is 14.9. The molecule has 0 unspecified atom stereocenters. The molecule has 0 aliphatic carbocycles. The van der Waals surface area contributed by atoms with Gasteiger partial charge in [0.1, 0.15) is 5.82 Å². The molecule has 0 amide bonds. The molecular formula is C7H11N3. The number of nitrogens with two attached hydrogens (primary N) is 1. The SMILES string of the molecule is C=CN.C=Cc1ncc[nH]1. The lowest BCUT2D eigenvalue weighted by Crippen LogP contribution is -1.67. The molecule has 0 aliphatic heterocycles. The van der Waals surface area contributed by atoms with Gasteiger partial charge in [-0.1, -0.05) is 13.2 Å². The van der Waals surface area contributed by atoms with Crippen LogP contribution in [0.4, 0.5) is 0 Å². The van der Waals surface area contributed by atoms with Crippen molar-refractivity contribution in [2.45, 2.75) is 0 Å². The Hall–Kier alpha value is -1.51. The van der Waals surface area contributed by atoms with Crippen LogP contribution in [0.1, 0.15) is 5.82 Å². The van der Waals surface area contributed by atoms with Crippen molar-refractivity contribution < 1.29 is 0 Å². The summed E-state index contributed by atoms with van der Waals surface area (Å²) < 4.78 is 0. The van der Waals surface area contributed by atoms with Crippen molar-refractivity contribution in [2.24, 2.45) is 5.73 Å². The van der Waals surface area contributed by atoms with E-state index >= 15 is 0 Å². The van der Waals surface area contributed by atoms with E-state index in [-0.39, 0.29) is 0 Å². The molecule has 1 rings (SSSR count). The number of aromatic amines is 1. The molecule has 1 aromatic heterocycles. The van der Waals surface area contributed by atoms with Crippen LogP contribution >= 0.6 is 0 Å². The molecule has 0 spiro atoms. The molecule has 3 nitrogen and oxygen atoms in total. The van der Waals surface area contributed by atoms with Crippen molar-refractivity contribution in [3.63, 3.8) is 0 Å². The lowest BCUT2D eigenvalue weighted by atomic mass is 10.6. The summed E-state index contributed by atoms with van der Waals surface area (Å²) in [4.78, 5) is 6.72. The van der Waals surface area contributed by atoms with E-state index in [1.54, 1.807) is 18.5 Å². The number of nitrogens with zero attached hydrogens (tertiary/aromatic N) is 1. The van der Waals surface area contributed by atoms with Crippen molar-refractivity contribution >= 4 is 6.08 Å². The van der Waals surface area contributed by atoms with Gasteiger partial charge in [-0.05, 0) is 12.3 Å². The van der Waals surface area contributed by atoms with Crippen molar-refractivity contribution in [2.75, 3.05) is 0 Å². The van der Waals surface area contributed by atoms with Crippen LogP contribution in [0.15, 0.2) is 31.8 Å². The minimum absolute atomic E-state index is 0.819. The quantitative estimate of drug-likeness (QED) is 0.609. The fourth-order valence-corrected chi connectivity index (χ4v) is 0.389. The van der Waals surface area contributed by atoms with Gasteiger partial charge in [-0.3, -0.25) is 0 Å². The van der Waals surface area contributed by atoms with Crippen LogP contribution in [0.3, 0.4) is 0 Å². The zero-order valence-electron chi connectivity index (χ0n) is 5.75. The highest BCUT2D eigenvalue weighted by molar-refractivity contribution is 5.34. The van der Waals surface area contributed by atoms with Crippen LogP contribution in [0.25, 0.3) is 6.08 Å². The molecule has 0 aliphatic rings. The Morgan fingerprint density at radius 1 is 1.60 bits per heavy atom. The molecule has 0 radical (unpaired) electrons. The summed E-state index contributed by atoms with van der Waals surface area (Å²) in [5, 5.41) is 0. The van der Waals surface area contributed by atoms with Gasteiger partial charge in [-0.15, -0.1) is 0 Å². The van der Waals surface area contributed by atoms with Crippen LogP contribution in [0, 0.1) is 0 Å². The Labute approximate surface area is 60.3 Å². The molecule has 54 valence electrons. The van der Waals surface area contributed by atoms with Crippen molar-refractivity contribution in [1.29, 1.82) is 0 Å². The van der Waals surface area contributed by atoms with E-state index in [1.165, 1.54) is 6.20 Å². The van der Waals surface area contributed by atoms with Gasteiger partial charge < -0.3 is 10.7 Å². The van der Waals surface area contributed by atoms with E-state index in [0.29, 0.717) is 0 Å². The highest BCUT2D eigenvalue weighted by Gasteiger charge is 1.78. The van der Waals surface area contributed by atoms with Gasteiger partial charge in [0.05, 0.1) is 0 Å². The van der Waals surface area contributed by atoms with E-state index in [2.05, 4.69) is 28.9 Å². The number of hydrogen-bond donors (Lipinski definition) is 2. The summed E-state index contributed by atoms with van der Waals surface area (Å²) in [5.41, 5.74) is 4.61. The van der Waals surface area contributed by atoms with Crippen LogP contribution in [0.2, 0.25) is 0 Å². The largest absolute Gasteiger partial charge is 0.405 e. The van der Waals surface area contributed by atoms with Crippen LogP contribution < -0.4 is 5.73 Å². The predicted octanol–water partition coefficient (Wildman–Crippen LogP) is 1.14. The van der Waals surface area contributed by atoms with Gasteiger partial charge >= 0.3 is 0 Å². The van der Waals surface area contributed by atoms with Crippen molar-refractivity contribution in [1.82, 2.24) is 9.97 Å². The minimum Gasteiger partial charge on any atom is -0.405 e. The van der Waals surface area contributed by atoms with Crippen LogP contribution in [-0.4, -0.2) is 9.97 Å². The molecule has 0 aromatic carbocycles. The predicted molar refractivity (Wildman–Crippen MR) is 43.1 cm³/mol. The second kappa shape index (κ2) is 5.62. The summed E-state index contributed by atoms with van der Waals surface area (Å²) in [6, 6.07) is 0. The fraction of sp³-hybridized carbons (Fsp3) is 0. The Morgan fingerprint density at radius 3 is 2.40 bits per heavy atom. The smallest absolute Gasteiger partial charge is 0.129 e. The number of hydrogen-bond acceptors (Lipinski definition) is 2. The maximum Gasteiger partial charge on any atom is 0.129 e. The van der Waals surface area contributed by atoms with Crippen LogP contribution in [-0.2, 0) is 0 Å². The molecule has 10 heavy (non-hydrogen) atoms. The molecule has 3 heteroatoms. The van der Waals surface area contributed by atoms with E-state index in [4.69, 9.17) is 0 Å². The fourth-order valence-electron chi connectivity index (χ4n) is 0.389. The second-order valence-corrected chi connectivity index (χ2v) is 1.41. The number of rotatable bonds is 1. The lowest BCUT2D eigenvalue weighted by molar-refractivity contribution is 1.27. The summed E-state index contributed by atoms with van der Waals surface area (Å²) >= 11 is 0. The van der Waals surface area contributed by atoms with Crippen molar-refractivity contribution in [3.8, 4) is 0 Å². The first-order chi connectivity index (χ1) is 4.85. The van der Waals surface area contributed by atoms with E-state index in [1.807, 2.05) is 0 Å². The molecule has 0 fully saturated rings.